The Bertz CT molecular complexity index is 393. The van der Waals surface area contributed by atoms with Gasteiger partial charge in [0.05, 0.1) is 24.1 Å². The van der Waals surface area contributed by atoms with Gasteiger partial charge in [0.25, 0.3) is 0 Å². The molecule has 1 fully saturated rings. The molecule has 2 heterocycles. The number of nitrogens with two attached hydrogens (primary N) is 1. The average molecular weight is 220 g/mol. The summed E-state index contributed by atoms with van der Waals surface area (Å²) in [5.74, 6) is 0.133. The number of rotatable bonds is 1. The highest BCUT2D eigenvalue weighted by Crippen LogP contribution is 2.22. The number of hydrogen-bond acceptors (Lipinski definition) is 4. The molecule has 0 atom stereocenters. The Morgan fingerprint density at radius 1 is 1.44 bits per heavy atom. The molecule has 0 unspecified atom stereocenters. The number of carbonyl (C=O) groups is 1. The van der Waals surface area contributed by atoms with E-state index in [-0.39, 0.29) is 5.91 Å². The van der Waals surface area contributed by atoms with Crippen molar-refractivity contribution in [1.82, 2.24) is 9.88 Å². The molecule has 1 saturated heterocycles. The Balaban J connectivity index is 2.21. The van der Waals surface area contributed by atoms with Gasteiger partial charge in [0.15, 0.2) is 0 Å². The highest BCUT2D eigenvalue weighted by Gasteiger charge is 2.20. The van der Waals surface area contributed by atoms with Crippen LogP contribution in [0.1, 0.15) is 6.42 Å². The van der Waals surface area contributed by atoms with Crippen molar-refractivity contribution in [2.24, 2.45) is 0 Å². The van der Waals surface area contributed by atoms with E-state index in [0.717, 1.165) is 25.2 Å². The molecule has 1 aromatic heterocycles. The molecule has 0 aliphatic carbocycles. The minimum atomic E-state index is 0.133. The summed E-state index contributed by atoms with van der Waals surface area (Å²) < 4.78 is 0. The van der Waals surface area contributed by atoms with Gasteiger partial charge in [0.1, 0.15) is 0 Å². The number of nitrogen functional groups attached to an aromatic ring is 1. The van der Waals surface area contributed by atoms with E-state index in [1.165, 1.54) is 0 Å². The third kappa shape index (κ3) is 2.08. The van der Waals surface area contributed by atoms with Gasteiger partial charge in [0.2, 0.25) is 5.91 Å². The van der Waals surface area contributed by atoms with Crippen molar-refractivity contribution in [3.8, 4) is 0 Å². The van der Waals surface area contributed by atoms with E-state index in [4.69, 9.17) is 5.73 Å². The number of nitrogens with zero attached hydrogens (tertiary/aromatic N) is 3. The molecule has 1 aromatic rings. The van der Waals surface area contributed by atoms with Crippen LogP contribution < -0.4 is 10.6 Å². The van der Waals surface area contributed by atoms with Crippen molar-refractivity contribution in [2.45, 2.75) is 6.42 Å². The van der Waals surface area contributed by atoms with E-state index in [9.17, 15) is 4.79 Å². The molecule has 86 valence electrons. The predicted octanol–water partition coefficient (Wildman–Crippen LogP) is 0.332. The van der Waals surface area contributed by atoms with Gasteiger partial charge in [-0.05, 0) is 12.5 Å². The van der Waals surface area contributed by atoms with Crippen LogP contribution in [0.2, 0.25) is 0 Å². The molecule has 16 heavy (non-hydrogen) atoms. The molecule has 0 spiro atoms. The van der Waals surface area contributed by atoms with Gasteiger partial charge < -0.3 is 15.5 Å². The zero-order chi connectivity index (χ0) is 11.5. The topological polar surface area (TPSA) is 62.5 Å². The lowest BCUT2D eigenvalue weighted by atomic mass is 10.3. The predicted molar refractivity (Wildman–Crippen MR) is 63.1 cm³/mol. The van der Waals surface area contributed by atoms with Gasteiger partial charge in [-0.3, -0.25) is 9.78 Å². The van der Waals surface area contributed by atoms with Crippen molar-refractivity contribution in [3.63, 3.8) is 0 Å². The summed E-state index contributed by atoms with van der Waals surface area (Å²) in [7, 11) is 1.84. The highest BCUT2D eigenvalue weighted by atomic mass is 16.2. The smallest absolute Gasteiger partial charge is 0.241 e. The summed E-state index contributed by atoms with van der Waals surface area (Å²) >= 11 is 0. The maximum atomic E-state index is 11.7. The molecule has 5 heteroatoms. The maximum absolute atomic E-state index is 11.7. The van der Waals surface area contributed by atoms with Crippen molar-refractivity contribution in [1.29, 1.82) is 0 Å². The van der Waals surface area contributed by atoms with Crippen LogP contribution in [0.25, 0.3) is 0 Å². The number of likely N-dealkylation sites (N-methyl/N-ethyl adjacent to an activating group) is 1. The van der Waals surface area contributed by atoms with E-state index >= 15 is 0 Å². The Kier molecular flexibility index (Phi) is 2.94. The number of hydrogen-bond donors (Lipinski definition) is 1. The number of carbonyl (C=O) groups excluding carboxylic acids is 1. The lowest BCUT2D eigenvalue weighted by Gasteiger charge is -2.22. The van der Waals surface area contributed by atoms with E-state index < -0.39 is 0 Å². The summed E-state index contributed by atoms with van der Waals surface area (Å²) in [5.41, 5.74) is 7.38. The summed E-state index contributed by atoms with van der Waals surface area (Å²) in [5, 5.41) is 0. The van der Waals surface area contributed by atoms with Crippen LogP contribution in [0.3, 0.4) is 0 Å². The second-order valence-electron chi connectivity index (χ2n) is 4.02. The molecule has 0 aromatic carbocycles. The minimum Gasteiger partial charge on any atom is -0.396 e. The van der Waals surface area contributed by atoms with Gasteiger partial charge in [0, 0.05) is 26.3 Å². The lowest BCUT2D eigenvalue weighted by Crippen LogP contribution is -2.34. The standard InChI is InChI=1S/C11H16N4O/c1-14-5-2-6-15(8-11(14)16)10-3-4-13-7-9(10)12/h3-4,7H,2,5-6,8,12H2,1H3. The number of aromatic nitrogens is 1. The Morgan fingerprint density at radius 2 is 2.25 bits per heavy atom. The molecular formula is C11H16N4O. The van der Waals surface area contributed by atoms with Crippen molar-refractivity contribution >= 4 is 17.3 Å². The molecule has 0 radical (unpaired) electrons. The fourth-order valence-electron chi connectivity index (χ4n) is 1.88. The van der Waals surface area contributed by atoms with E-state index in [0.29, 0.717) is 12.2 Å². The van der Waals surface area contributed by atoms with Crippen LogP contribution in [0, 0.1) is 0 Å². The average Bonchev–Trinajstić information content (AvgIpc) is 2.43. The largest absolute Gasteiger partial charge is 0.396 e. The van der Waals surface area contributed by atoms with Gasteiger partial charge >= 0.3 is 0 Å². The Labute approximate surface area is 94.9 Å². The first-order valence-corrected chi connectivity index (χ1v) is 5.37. The highest BCUT2D eigenvalue weighted by molar-refractivity contribution is 5.83. The quantitative estimate of drug-likeness (QED) is 0.741. The molecule has 2 N–H and O–H groups in total. The first-order chi connectivity index (χ1) is 7.68. The Hall–Kier alpha value is -1.78. The van der Waals surface area contributed by atoms with Crippen LogP contribution in [0.5, 0.6) is 0 Å². The fourth-order valence-corrected chi connectivity index (χ4v) is 1.88. The van der Waals surface area contributed by atoms with Gasteiger partial charge in [-0.2, -0.15) is 0 Å². The van der Waals surface area contributed by atoms with Crippen LogP contribution in [-0.4, -0.2) is 42.5 Å². The molecule has 1 aliphatic heterocycles. The van der Waals surface area contributed by atoms with Crippen molar-refractivity contribution < 1.29 is 4.79 Å². The van der Waals surface area contributed by atoms with E-state index in [1.807, 2.05) is 18.0 Å². The zero-order valence-corrected chi connectivity index (χ0v) is 9.39. The van der Waals surface area contributed by atoms with E-state index in [1.54, 1.807) is 17.3 Å². The van der Waals surface area contributed by atoms with Crippen LogP contribution >= 0.6 is 0 Å². The molecule has 1 amide bonds. The lowest BCUT2D eigenvalue weighted by molar-refractivity contribution is -0.127. The normalized spacial score (nSPS) is 17.4. The fraction of sp³-hybridized carbons (Fsp3) is 0.455. The summed E-state index contributed by atoms with van der Waals surface area (Å²) in [6.45, 7) is 2.05. The number of anilines is 2. The third-order valence-corrected chi connectivity index (χ3v) is 2.84. The molecule has 2 rings (SSSR count). The second kappa shape index (κ2) is 4.38. The monoisotopic (exact) mass is 220 g/mol. The number of amides is 1. The van der Waals surface area contributed by atoms with Crippen LogP contribution in [0.15, 0.2) is 18.5 Å². The Morgan fingerprint density at radius 3 is 3.00 bits per heavy atom. The summed E-state index contributed by atoms with van der Waals surface area (Å²) in [6, 6.07) is 1.86. The van der Waals surface area contributed by atoms with Gasteiger partial charge in [-0.15, -0.1) is 0 Å². The molecular weight excluding hydrogens is 204 g/mol. The second-order valence-corrected chi connectivity index (χ2v) is 4.02. The van der Waals surface area contributed by atoms with Crippen LogP contribution in [-0.2, 0) is 4.79 Å². The molecule has 0 bridgehead atoms. The van der Waals surface area contributed by atoms with Crippen molar-refractivity contribution in [3.05, 3.63) is 18.5 Å². The summed E-state index contributed by atoms with van der Waals surface area (Å²) in [6.07, 6.45) is 4.28. The van der Waals surface area contributed by atoms with Crippen molar-refractivity contribution in [2.75, 3.05) is 37.3 Å². The first kappa shape index (κ1) is 10.7. The number of pyridine rings is 1. The molecule has 5 nitrogen and oxygen atoms in total. The van der Waals surface area contributed by atoms with Gasteiger partial charge in [-0.1, -0.05) is 0 Å². The zero-order valence-electron chi connectivity index (χ0n) is 9.39. The molecule has 1 aliphatic rings. The SMILES string of the molecule is CN1CCCN(c2ccncc2N)CC1=O. The summed E-state index contributed by atoms with van der Waals surface area (Å²) in [4.78, 5) is 19.5. The maximum Gasteiger partial charge on any atom is 0.241 e. The van der Waals surface area contributed by atoms with Crippen LogP contribution in [0.4, 0.5) is 11.4 Å². The minimum absolute atomic E-state index is 0.133. The van der Waals surface area contributed by atoms with E-state index in [2.05, 4.69) is 4.98 Å². The first-order valence-electron chi connectivity index (χ1n) is 5.37. The third-order valence-electron chi connectivity index (χ3n) is 2.84. The van der Waals surface area contributed by atoms with Gasteiger partial charge in [-0.25, -0.2) is 0 Å². The molecule has 0 saturated carbocycles.